The average Bonchev–Trinajstić information content (AvgIpc) is 2.87. The molecule has 11 heteroatoms. The fourth-order valence-corrected chi connectivity index (χ4v) is 3.85. The van der Waals surface area contributed by atoms with Crippen LogP contribution in [0.2, 0.25) is 0 Å². The first-order valence-corrected chi connectivity index (χ1v) is 12.2. The summed E-state index contributed by atoms with van der Waals surface area (Å²) in [5.74, 6) is 1.26. The van der Waals surface area contributed by atoms with Crippen LogP contribution in [0, 0.1) is 17.2 Å². The number of hydrogen-bond acceptors (Lipinski definition) is 10. The molecule has 0 aromatic carbocycles. The Kier molecular flexibility index (Phi) is 9.38. The summed E-state index contributed by atoms with van der Waals surface area (Å²) in [7, 11) is 1.88. The lowest BCUT2D eigenvalue weighted by Gasteiger charge is -2.34. The van der Waals surface area contributed by atoms with Crippen molar-refractivity contribution in [3.05, 3.63) is 42.6 Å². The number of likely N-dealkylation sites (tertiary alicyclic amines) is 1. The van der Waals surface area contributed by atoms with Crippen molar-refractivity contribution in [3.8, 4) is 6.07 Å². The molecule has 3 rings (SSSR count). The van der Waals surface area contributed by atoms with Crippen LogP contribution in [0.25, 0.3) is 0 Å². The number of hydrogen-bond donors (Lipinski definition) is 2. The zero-order valence-corrected chi connectivity index (χ0v) is 21.8. The molecule has 1 unspecified atom stereocenters. The predicted molar refractivity (Wildman–Crippen MR) is 142 cm³/mol. The lowest BCUT2D eigenvalue weighted by atomic mass is 9.98. The second kappa shape index (κ2) is 12.7. The number of nitrogens with zero attached hydrogens (tertiary/aromatic N) is 6. The minimum atomic E-state index is -0.529. The lowest BCUT2D eigenvalue weighted by Crippen LogP contribution is -2.44. The largest absolute Gasteiger partial charge is 0.444 e. The number of amides is 1. The number of aldehydes is 1. The summed E-state index contributed by atoms with van der Waals surface area (Å²) in [5, 5.41) is 15.6. The fraction of sp³-hybridized carbons (Fsp3) is 0.462. The minimum absolute atomic E-state index is 0.229. The predicted octanol–water partition coefficient (Wildman–Crippen LogP) is 4.08. The van der Waals surface area contributed by atoms with Crippen LogP contribution < -0.4 is 15.5 Å². The molecule has 0 saturated carbocycles. The number of nitrogens with one attached hydrogen (secondary N) is 2. The van der Waals surface area contributed by atoms with Gasteiger partial charge in [0.2, 0.25) is 0 Å². The van der Waals surface area contributed by atoms with Crippen LogP contribution in [0.1, 0.15) is 45.7 Å². The van der Waals surface area contributed by atoms with Crippen LogP contribution >= 0.6 is 0 Å². The number of carbonyl (C=O) groups excluding carboxylic acids is 2. The van der Waals surface area contributed by atoms with E-state index in [0.29, 0.717) is 37.7 Å². The van der Waals surface area contributed by atoms with Crippen LogP contribution in [-0.2, 0) is 9.53 Å². The molecule has 1 atom stereocenters. The summed E-state index contributed by atoms with van der Waals surface area (Å²) in [4.78, 5) is 39.6. The van der Waals surface area contributed by atoms with Crippen LogP contribution in [0.15, 0.2) is 36.9 Å². The smallest absolute Gasteiger partial charge is 0.410 e. The van der Waals surface area contributed by atoms with E-state index in [-0.39, 0.29) is 17.7 Å². The molecule has 2 aromatic rings. The van der Waals surface area contributed by atoms with Gasteiger partial charge < -0.3 is 30.0 Å². The normalized spacial score (nSPS) is 15.6. The van der Waals surface area contributed by atoms with E-state index in [9.17, 15) is 9.59 Å². The molecule has 0 spiro atoms. The van der Waals surface area contributed by atoms with E-state index in [1.54, 1.807) is 17.2 Å². The standard InChI is InChI=1S/C26H34N8O3/c1-26(2,3)37-25(36)34-10-7-8-19(18-34)14-29-21-12-23(32-24-17-28-20(13-27)15-30-24)31-16-22(21)33(4)9-5-6-11-35/h5,9,11-12,15-17,19H,6-8,10,14,18H2,1-4H3,(H2,29,30,31,32)/b9-5-. The molecule has 3 heterocycles. The molecular weight excluding hydrogens is 472 g/mol. The number of aromatic nitrogens is 3. The molecule has 1 aliphatic rings. The Labute approximate surface area is 217 Å². The average molecular weight is 507 g/mol. The molecule has 1 amide bonds. The zero-order valence-electron chi connectivity index (χ0n) is 21.8. The molecule has 0 aliphatic carbocycles. The van der Waals surface area contributed by atoms with E-state index in [2.05, 4.69) is 25.6 Å². The van der Waals surface area contributed by atoms with Gasteiger partial charge in [-0.25, -0.2) is 19.7 Å². The van der Waals surface area contributed by atoms with Gasteiger partial charge in [0, 0.05) is 45.4 Å². The molecule has 196 valence electrons. The monoisotopic (exact) mass is 506 g/mol. The highest BCUT2D eigenvalue weighted by molar-refractivity contribution is 5.74. The minimum Gasteiger partial charge on any atom is -0.444 e. The Morgan fingerprint density at radius 3 is 2.73 bits per heavy atom. The molecular formula is C26H34N8O3. The van der Waals surface area contributed by atoms with Crippen molar-refractivity contribution in [2.45, 2.75) is 45.6 Å². The van der Waals surface area contributed by atoms with E-state index >= 15 is 0 Å². The number of allylic oxidation sites excluding steroid dienone is 1. The van der Waals surface area contributed by atoms with Gasteiger partial charge in [0.15, 0.2) is 5.69 Å². The molecule has 1 aliphatic heterocycles. The Morgan fingerprint density at radius 1 is 1.27 bits per heavy atom. The van der Waals surface area contributed by atoms with Gasteiger partial charge in [0.1, 0.15) is 29.6 Å². The molecule has 37 heavy (non-hydrogen) atoms. The van der Waals surface area contributed by atoms with Crippen LogP contribution in [0.4, 0.5) is 27.8 Å². The van der Waals surface area contributed by atoms with Gasteiger partial charge in [-0.05, 0) is 39.5 Å². The maximum atomic E-state index is 12.6. The van der Waals surface area contributed by atoms with Crippen LogP contribution in [0.3, 0.4) is 0 Å². The molecule has 0 radical (unpaired) electrons. The SMILES string of the molecule is CN(/C=C\CC=O)c1cnc(Nc2cnc(C#N)cn2)cc1NCC1CCCN(C(=O)OC(C)(C)C)C1. The number of piperidine rings is 1. The van der Waals surface area contributed by atoms with Crippen LogP contribution in [-0.4, -0.2) is 64.5 Å². The Morgan fingerprint density at radius 2 is 2.05 bits per heavy atom. The van der Waals surface area contributed by atoms with Gasteiger partial charge in [-0.2, -0.15) is 5.26 Å². The van der Waals surface area contributed by atoms with Crippen molar-refractivity contribution in [2.24, 2.45) is 5.92 Å². The zero-order chi connectivity index (χ0) is 26.8. The second-order valence-corrected chi connectivity index (χ2v) is 9.82. The van der Waals surface area contributed by atoms with Crippen molar-refractivity contribution in [2.75, 3.05) is 42.2 Å². The fourth-order valence-electron chi connectivity index (χ4n) is 3.85. The first-order chi connectivity index (χ1) is 17.7. The topological polar surface area (TPSA) is 136 Å². The van der Waals surface area contributed by atoms with Gasteiger partial charge >= 0.3 is 6.09 Å². The number of rotatable bonds is 9. The maximum absolute atomic E-state index is 12.6. The number of anilines is 4. The first-order valence-electron chi connectivity index (χ1n) is 12.2. The number of carbonyl (C=O) groups is 2. The summed E-state index contributed by atoms with van der Waals surface area (Å²) < 4.78 is 5.55. The van der Waals surface area contributed by atoms with Crippen molar-refractivity contribution in [1.82, 2.24) is 19.9 Å². The van der Waals surface area contributed by atoms with Crippen molar-refractivity contribution in [1.29, 1.82) is 5.26 Å². The summed E-state index contributed by atoms with van der Waals surface area (Å²) in [6.45, 7) is 7.56. The Bertz CT molecular complexity index is 1140. The van der Waals surface area contributed by atoms with E-state index in [1.165, 1.54) is 12.4 Å². The maximum Gasteiger partial charge on any atom is 0.410 e. The Balaban J connectivity index is 1.74. The van der Waals surface area contributed by atoms with Crippen molar-refractivity contribution >= 4 is 35.4 Å². The molecule has 2 aromatic heterocycles. The van der Waals surface area contributed by atoms with Gasteiger partial charge in [0.25, 0.3) is 0 Å². The van der Waals surface area contributed by atoms with Gasteiger partial charge in [-0.15, -0.1) is 0 Å². The van der Waals surface area contributed by atoms with Gasteiger partial charge in [0.05, 0.1) is 30.0 Å². The quantitative estimate of drug-likeness (QED) is 0.479. The van der Waals surface area contributed by atoms with E-state index in [1.807, 2.05) is 51.1 Å². The van der Waals surface area contributed by atoms with Gasteiger partial charge in [-0.3, -0.25) is 0 Å². The number of nitriles is 1. The molecule has 11 nitrogen and oxygen atoms in total. The van der Waals surface area contributed by atoms with Gasteiger partial charge in [-0.1, -0.05) is 6.08 Å². The summed E-state index contributed by atoms with van der Waals surface area (Å²) in [6, 6.07) is 3.81. The van der Waals surface area contributed by atoms with E-state index in [0.717, 1.165) is 30.5 Å². The van der Waals surface area contributed by atoms with Crippen LogP contribution in [0.5, 0.6) is 0 Å². The van der Waals surface area contributed by atoms with Crippen molar-refractivity contribution in [3.63, 3.8) is 0 Å². The third-order valence-electron chi connectivity index (χ3n) is 5.60. The van der Waals surface area contributed by atoms with Crippen molar-refractivity contribution < 1.29 is 14.3 Å². The second-order valence-electron chi connectivity index (χ2n) is 9.82. The Hall–Kier alpha value is -4.20. The number of ether oxygens (including phenoxy) is 1. The third-order valence-corrected chi connectivity index (χ3v) is 5.60. The third kappa shape index (κ3) is 8.45. The highest BCUT2D eigenvalue weighted by atomic mass is 16.6. The molecule has 1 saturated heterocycles. The molecule has 2 N–H and O–H groups in total. The summed E-state index contributed by atoms with van der Waals surface area (Å²) >= 11 is 0. The number of pyridine rings is 1. The first kappa shape index (κ1) is 27.4. The lowest BCUT2D eigenvalue weighted by molar-refractivity contribution is -0.107. The van der Waals surface area contributed by atoms with E-state index in [4.69, 9.17) is 10.00 Å². The summed E-state index contributed by atoms with van der Waals surface area (Å²) in [6.07, 6.45) is 11.0. The molecule has 0 bridgehead atoms. The summed E-state index contributed by atoms with van der Waals surface area (Å²) in [5.41, 5.74) is 1.34. The van der Waals surface area contributed by atoms with E-state index < -0.39 is 5.60 Å². The highest BCUT2D eigenvalue weighted by Crippen LogP contribution is 2.29. The highest BCUT2D eigenvalue weighted by Gasteiger charge is 2.27. The molecule has 1 fully saturated rings.